The molecule has 0 saturated carbocycles. The molecule has 0 aliphatic heterocycles. The maximum absolute atomic E-state index is 13.3. The third kappa shape index (κ3) is 5.04. The van der Waals surface area contributed by atoms with Crippen LogP contribution in [0.15, 0.2) is 96.0 Å². The number of hydrogen-bond acceptors (Lipinski definition) is 4. The molecule has 4 aromatic rings. The zero-order valence-electron chi connectivity index (χ0n) is 18.2. The van der Waals surface area contributed by atoms with Gasteiger partial charge in [0.2, 0.25) is 0 Å². The van der Waals surface area contributed by atoms with Crippen LogP contribution >= 0.6 is 0 Å². The van der Waals surface area contributed by atoms with Gasteiger partial charge in [-0.15, -0.1) is 0 Å². The largest absolute Gasteiger partial charge is 0.345 e. The minimum atomic E-state index is -3.98. The number of amides is 1. The lowest BCUT2D eigenvalue weighted by Gasteiger charge is -2.20. The van der Waals surface area contributed by atoms with E-state index >= 15 is 0 Å². The van der Waals surface area contributed by atoms with Crippen molar-refractivity contribution in [1.82, 2.24) is 10.3 Å². The number of nitrogens with zero attached hydrogens (tertiary/aromatic N) is 1. The molecule has 1 aromatic heterocycles. The molecule has 168 valence electrons. The van der Waals surface area contributed by atoms with Crippen LogP contribution in [-0.2, 0) is 10.0 Å². The summed E-state index contributed by atoms with van der Waals surface area (Å²) in [5.74, 6) is -0.341. The molecule has 7 heteroatoms. The van der Waals surface area contributed by atoms with Crippen LogP contribution in [0.25, 0.3) is 10.9 Å². The number of rotatable bonds is 8. The van der Waals surface area contributed by atoms with Crippen molar-refractivity contribution in [2.75, 3.05) is 4.72 Å². The molecule has 33 heavy (non-hydrogen) atoms. The van der Waals surface area contributed by atoms with E-state index in [4.69, 9.17) is 0 Å². The summed E-state index contributed by atoms with van der Waals surface area (Å²) < 4.78 is 29.1. The smallest absolute Gasteiger partial charge is 0.264 e. The Bertz CT molecular complexity index is 1370. The maximum atomic E-state index is 13.3. The van der Waals surface area contributed by atoms with Gasteiger partial charge in [-0.1, -0.05) is 74.0 Å². The van der Waals surface area contributed by atoms with E-state index in [0.717, 1.165) is 23.8 Å². The molecule has 1 amide bonds. The van der Waals surface area contributed by atoms with E-state index in [9.17, 15) is 13.2 Å². The summed E-state index contributed by atoms with van der Waals surface area (Å²) in [4.78, 5) is 17.5. The summed E-state index contributed by atoms with van der Waals surface area (Å²) in [5, 5.41) is 3.78. The van der Waals surface area contributed by atoms with E-state index in [0.29, 0.717) is 5.52 Å². The second-order valence-electron chi connectivity index (χ2n) is 7.71. The molecule has 6 nitrogen and oxygen atoms in total. The number of pyridine rings is 1. The molecular formula is C26H25N3O3S. The van der Waals surface area contributed by atoms with Crippen molar-refractivity contribution >= 4 is 32.5 Å². The van der Waals surface area contributed by atoms with Gasteiger partial charge in [0.05, 0.1) is 22.8 Å². The van der Waals surface area contributed by atoms with Gasteiger partial charge in [-0.25, -0.2) is 8.42 Å². The van der Waals surface area contributed by atoms with Gasteiger partial charge in [-0.2, -0.15) is 0 Å². The molecule has 0 aliphatic rings. The van der Waals surface area contributed by atoms with Crippen LogP contribution < -0.4 is 10.0 Å². The monoisotopic (exact) mass is 459 g/mol. The number of carbonyl (C=O) groups is 1. The van der Waals surface area contributed by atoms with E-state index in [1.165, 1.54) is 6.07 Å². The molecule has 0 saturated heterocycles. The van der Waals surface area contributed by atoms with Gasteiger partial charge >= 0.3 is 0 Å². The summed E-state index contributed by atoms with van der Waals surface area (Å²) in [6, 6.07) is 24.7. The number of aromatic nitrogens is 1. The predicted molar refractivity (Wildman–Crippen MR) is 131 cm³/mol. The third-order valence-corrected chi connectivity index (χ3v) is 6.78. The standard InChI is InChI=1S/C26H25N3O3S/c1-2-10-22(19-11-4-3-5-12-19)28-26(30)21-15-6-7-16-23(21)29-33(31,32)24-17-8-13-20-14-9-18-27-25(20)24/h3-9,11-18,22,29H,2,10H2,1H3,(H,28,30). The highest BCUT2D eigenvalue weighted by Gasteiger charge is 2.22. The second-order valence-corrected chi connectivity index (χ2v) is 9.36. The van der Waals surface area contributed by atoms with Gasteiger partial charge in [-0.3, -0.25) is 14.5 Å². The Hall–Kier alpha value is -3.71. The van der Waals surface area contributed by atoms with E-state index in [-0.39, 0.29) is 28.1 Å². The van der Waals surface area contributed by atoms with E-state index in [1.54, 1.807) is 54.7 Å². The number of fused-ring (bicyclic) bond motifs is 1. The van der Waals surface area contributed by atoms with Crippen molar-refractivity contribution in [3.8, 4) is 0 Å². The first-order valence-electron chi connectivity index (χ1n) is 10.8. The zero-order valence-corrected chi connectivity index (χ0v) is 19.0. The molecule has 0 bridgehead atoms. The summed E-state index contributed by atoms with van der Waals surface area (Å²) >= 11 is 0. The Balaban J connectivity index is 1.64. The van der Waals surface area contributed by atoms with Crippen LogP contribution in [0, 0.1) is 0 Å². The molecule has 0 radical (unpaired) electrons. The predicted octanol–water partition coefficient (Wildman–Crippen LogP) is 5.31. The quantitative estimate of drug-likeness (QED) is 0.374. The number of sulfonamides is 1. The molecule has 1 unspecified atom stereocenters. The fourth-order valence-corrected chi connectivity index (χ4v) is 5.06. The van der Waals surface area contributed by atoms with Crippen LogP contribution in [0.2, 0.25) is 0 Å². The lowest BCUT2D eigenvalue weighted by Crippen LogP contribution is -2.29. The van der Waals surface area contributed by atoms with Crippen molar-refractivity contribution in [2.45, 2.75) is 30.7 Å². The molecule has 1 atom stereocenters. The van der Waals surface area contributed by atoms with Gasteiger partial charge < -0.3 is 5.32 Å². The van der Waals surface area contributed by atoms with E-state index < -0.39 is 10.0 Å². The average molecular weight is 460 g/mol. The first kappa shape index (κ1) is 22.5. The van der Waals surface area contributed by atoms with Gasteiger partial charge in [0.1, 0.15) is 4.90 Å². The van der Waals surface area contributed by atoms with Crippen LogP contribution in [-0.4, -0.2) is 19.3 Å². The van der Waals surface area contributed by atoms with Crippen LogP contribution in [0.5, 0.6) is 0 Å². The summed E-state index contributed by atoms with van der Waals surface area (Å²) in [6.45, 7) is 2.06. The zero-order chi connectivity index (χ0) is 23.3. The first-order valence-corrected chi connectivity index (χ1v) is 12.3. The first-order chi connectivity index (χ1) is 16.0. The van der Waals surface area contributed by atoms with Crippen molar-refractivity contribution in [3.63, 3.8) is 0 Å². The Morgan fingerprint density at radius 1 is 0.909 bits per heavy atom. The van der Waals surface area contributed by atoms with Crippen LogP contribution in [0.1, 0.15) is 41.7 Å². The van der Waals surface area contributed by atoms with E-state index in [1.807, 2.05) is 30.3 Å². The van der Waals surface area contributed by atoms with Gasteiger partial charge in [-0.05, 0) is 36.2 Å². The highest BCUT2D eigenvalue weighted by Crippen LogP contribution is 2.26. The van der Waals surface area contributed by atoms with Gasteiger partial charge in [0, 0.05) is 11.6 Å². The summed E-state index contributed by atoms with van der Waals surface area (Å²) in [6.07, 6.45) is 3.22. The maximum Gasteiger partial charge on any atom is 0.264 e. The molecular weight excluding hydrogens is 434 g/mol. The normalized spacial score (nSPS) is 12.3. The second kappa shape index (κ2) is 9.83. The number of para-hydroxylation sites is 2. The topological polar surface area (TPSA) is 88.2 Å². The fourth-order valence-electron chi connectivity index (χ4n) is 3.80. The molecule has 0 spiro atoms. The Labute approximate surface area is 193 Å². The lowest BCUT2D eigenvalue weighted by molar-refractivity contribution is 0.0935. The van der Waals surface area contributed by atoms with Crippen molar-refractivity contribution < 1.29 is 13.2 Å². The number of nitrogens with one attached hydrogen (secondary N) is 2. The van der Waals surface area contributed by atoms with Crippen LogP contribution in [0.4, 0.5) is 5.69 Å². The van der Waals surface area contributed by atoms with Crippen molar-refractivity contribution in [3.05, 3.63) is 102 Å². The highest BCUT2D eigenvalue weighted by atomic mass is 32.2. The average Bonchev–Trinajstić information content (AvgIpc) is 2.84. The van der Waals surface area contributed by atoms with E-state index in [2.05, 4.69) is 21.9 Å². The van der Waals surface area contributed by atoms with Crippen LogP contribution in [0.3, 0.4) is 0 Å². The molecule has 1 heterocycles. The minimum Gasteiger partial charge on any atom is -0.345 e. The number of carbonyl (C=O) groups excluding carboxylic acids is 1. The Kier molecular flexibility index (Phi) is 6.70. The third-order valence-electron chi connectivity index (χ3n) is 5.39. The number of hydrogen-bond donors (Lipinski definition) is 2. The highest BCUT2D eigenvalue weighted by molar-refractivity contribution is 7.93. The van der Waals surface area contributed by atoms with Gasteiger partial charge in [0.25, 0.3) is 15.9 Å². The number of anilines is 1. The Morgan fingerprint density at radius 3 is 2.42 bits per heavy atom. The molecule has 0 aliphatic carbocycles. The summed E-state index contributed by atoms with van der Waals surface area (Å²) in [5.41, 5.74) is 1.85. The lowest BCUT2D eigenvalue weighted by atomic mass is 10.0. The SMILES string of the molecule is CCCC(NC(=O)c1ccccc1NS(=O)(=O)c1cccc2cccnc12)c1ccccc1. The fraction of sp³-hybridized carbons (Fsp3) is 0.154. The molecule has 0 fully saturated rings. The van der Waals surface area contributed by atoms with Crippen molar-refractivity contribution in [1.29, 1.82) is 0 Å². The Morgan fingerprint density at radius 2 is 1.64 bits per heavy atom. The molecule has 2 N–H and O–H groups in total. The molecule has 3 aromatic carbocycles. The molecule has 4 rings (SSSR count). The van der Waals surface area contributed by atoms with Crippen molar-refractivity contribution in [2.24, 2.45) is 0 Å². The minimum absolute atomic E-state index is 0.0592. The summed E-state index contributed by atoms with van der Waals surface area (Å²) in [7, 11) is -3.98. The van der Waals surface area contributed by atoms with Gasteiger partial charge in [0.15, 0.2) is 0 Å². The number of benzene rings is 3.